The first-order valence-corrected chi connectivity index (χ1v) is 9.35. The minimum atomic E-state index is -0.551. The van der Waals surface area contributed by atoms with E-state index in [9.17, 15) is 14.0 Å². The maximum absolute atomic E-state index is 14.0. The Morgan fingerprint density at radius 3 is 2.96 bits per heavy atom. The molecule has 0 aliphatic carbocycles. The van der Waals surface area contributed by atoms with E-state index in [2.05, 4.69) is 4.98 Å². The van der Waals surface area contributed by atoms with E-state index in [0.29, 0.717) is 11.4 Å². The molecule has 0 aliphatic rings. The van der Waals surface area contributed by atoms with Crippen LogP contribution in [0.2, 0.25) is 5.02 Å². The SMILES string of the molecule is CCCCOC(=O)c1csc2ncn(Cc3c(F)cccc3Cl)c(=O)c12. The molecular formula is C18H16ClFN2O3S. The van der Waals surface area contributed by atoms with Crippen LogP contribution in [0.25, 0.3) is 10.2 Å². The first-order valence-electron chi connectivity index (χ1n) is 8.09. The second-order valence-electron chi connectivity index (χ2n) is 5.70. The number of hydrogen-bond acceptors (Lipinski definition) is 5. The Morgan fingerprint density at radius 1 is 1.42 bits per heavy atom. The number of rotatable bonds is 6. The molecule has 3 aromatic rings. The van der Waals surface area contributed by atoms with Gasteiger partial charge in [-0.2, -0.15) is 0 Å². The first-order chi connectivity index (χ1) is 12.5. The zero-order valence-corrected chi connectivity index (χ0v) is 15.6. The fourth-order valence-electron chi connectivity index (χ4n) is 2.47. The van der Waals surface area contributed by atoms with Crippen LogP contribution < -0.4 is 5.56 Å². The average molecular weight is 395 g/mol. The van der Waals surface area contributed by atoms with Crippen molar-refractivity contribution in [2.45, 2.75) is 26.3 Å². The summed E-state index contributed by atoms with van der Waals surface area (Å²) in [6.45, 7) is 2.21. The van der Waals surface area contributed by atoms with E-state index in [1.54, 1.807) is 11.4 Å². The first kappa shape index (κ1) is 18.5. The molecule has 2 heterocycles. The van der Waals surface area contributed by atoms with Crippen LogP contribution in [0.5, 0.6) is 0 Å². The van der Waals surface area contributed by atoms with Gasteiger partial charge < -0.3 is 4.74 Å². The molecule has 0 spiro atoms. The largest absolute Gasteiger partial charge is 0.462 e. The zero-order chi connectivity index (χ0) is 18.7. The second kappa shape index (κ2) is 7.97. The fraction of sp³-hybridized carbons (Fsp3) is 0.278. The number of fused-ring (bicyclic) bond motifs is 1. The molecule has 0 bridgehead atoms. The Balaban J connectivity index is 1.99. The van der Waals surface area contributed by atoms with Crippen LogP contribution in [0.3, 0.4) is 0 Å². The molecule has 3 rings (SSSR count). The third-order valence-corrected chi connectivity index (χ3v) is 5.14. The summed E-state index contributed by atoms with van der Waals surface area (Å²) in [5.41, 5.74) is -0.0506. The minimum absolute atomic E-state index is 0.0759. The molecule has 0 unspecified atom stereocenters. The topological polar surface area (TPSA) is 61.2 Å². The van der Waals surface area contributed by atoms with Crippen molar-refractivity contribution >= 4 is 39.1 Å². The highest BCUT2D eigenvalue weighted by atomic mass is 35.5. The predicted molar refractivity (Wildman–Crippen MR) is 99.6 cm³/mol. The van der Waals surface area contributed by atoms with Gasteiger partial charge in [0.15, 0.2) is 0 Å². The van der Waals surface area contributed by atoms with Gasteiger partial charge in [0.05, 0.1) is 30.4 Å². The molecule has 2 aromatic heterocycles. The van der Waals surface area contributed by atoms with Crippen molar-refractivity contribution in [1.82, 2.24) is 9.55 Å². The minimum Gasteiger partial charge on any atom is -0.462 e. The summed E-state index contributed by atoms with van der Waals surface area (Å²) in [4.78, 5) is 29.7. The van der Waals surface area contributed by atoms with Gasteiger partial charge in [0, 0.05) is 16.0 Å². The van der Waals surface area contributed by atoms with Crippen LogP contribution in [-0.4, -0.2) is 22.1 Å². The lowest BCUT2D eigenvalue weighted by Crippen LogP contribution is -2.23. The maximum atomic E-state index is 14.0. The van der Waals surface area contributed by atoms with E-state index in [1.165, 1.54) is 34.4 Å². The van der Waals surface area contributed by atoms with Crippen molar-refractivity contribution in [3.63, 3.8) is 0 Å². The summed E-state index contributed by atoms with van der Waals surface area (Å²) in [7, 11) is 0. The van der Waals surface area contributed by atoms with E-state index in [0.717, 1.165) is 12.8 Å². The number of unbranched alkanes of at least 4 members (excludes halogenated alkanes) is 1. The van der Waals surface area contributed by atoms with Gasteiger partial charge in [-0.3, -0.25) is 9.36 Å². The molecular weight excluding hydrogens is 379 g/mol. The van der Waals surface area contributed by atoms with Gasteiger partial charge in [-0.25, -0.2) is 14.2 Å². The van der Waals surface area contributed by atoms with Gasteiger partial charge in [-0.15, -0.1) is 11.3 Å². The normalized spacial score (nSPS) is 11.0. The molecule has 0 N–H and O–H groups in total. The fourth-order valence-corrected chi connectivity index (χ4v) is 3.56. The highest BCUT2D eigenvalue weighted by Crippen LogP contribution is 2.23. The lowest BCUT2D eigenvalue weighted by atomic mass is 10.2. The highest BCUT2D eigenvalue weighted by molar-refractivity contribution is 7.17. The van der Waals surface area contributed by atoms with E-state index in [-0.39, 0.29) is 28.1 Å². The van der Waals surface area contributed by atoms with E-state index in [1.807, 2.05) is 6.92 Å². The van der Waals surface area contributed by atoms with Crippen molar-refractivity contribution in [3.05, 3.63) is 62.2 Å². The van der Waals surface area contributed by atoms with E-state index < -0.39 is 17.3 Å². The number of benzene rings is 1. The number of halogens is 2. The summed E-state index contributed by atoms with van der Waals surface area (Å²) < 4.78 is 20.4. The molecule has 0 fully saturated rings. The maximum Gasteiger partial charge on any atom is 0.339 e. The number of aromatic nitrogens is 2. The lowest BCUT2D eigenvalue weighted by molar-refractivity contribution is 0.0502. The molecule has 0 saturated heterocycles. The summed E-state index contributed by atoms with van der Waals surface area (Å²) in [5, 5.41) is 1.97. The van der Waals surface area contributed by atoms with E-state index >= 15 is 0 Å². The summed E-state index contributed by atoms with van der Waals surface area (Å²) in [6.07, 6.45) is 2.98. The molecule has 26 heavy (non-hydrogen) atoms. The van der Waals surface area contributed by atoms with Gasteiger partial charge in [-0.05, 0) is 18.6 Å². The van der Waals surface area contributed by atoms with Crippen molar-refractivity contribution in [2.24, 2.45) is 0 Å². The van der Waals surface area contributed by atoms with Crippen LogP contribution in [0, 0.1) is 5.82 Å². The molecule has 0 saturated carbocycles. The molecule has 1 aromatic carbocycles. The second-order valence-corrected chi connectivity index (χ2v) is 6.96. The molecule has 8 heteroatoms. The third kappa shape index (κ3) is 3.64. The standard InChI is InChI=1S/C18H16ClFN2O3S/c1-2-3-7-25-18(24)12-9-26-16-15(12)17(23)22(10-21-16)8-11-13(19)5-4-6-14(11)20/h4-6,9-10H,2-3,7-8H2,1H3. The number of carbonyl (C=O) groups is 1. The Hall–Kier alpha value is -2.25. The number of thiophene rings is 1. The number of esters is 1. The molecule has 0 radical (unpaired) electrons. The Labute approximate surface area is 158 Å². The Bertz CT molecular complexity index is 995. The summed E-state index contributed by atoms with van der Waals surface area (Å²) in [6, 6.07) is 4.33. The van der Waals surface area contributed by atoms with Crippen molar-refractivity contribution in [1.29, 1.82) is 0 Å². The average Bonchev–Trinajstić information content (AvgIpc) is 3.05. The Kier molecular flexibility index (Phi) is 5.68. The molecule has 5 nitrogen and oxygen atoms in total. The van der Waals surface area contributed by atoms with Gasteiger partial charge in [0.1, 0.15) is 10.6 Å². The van der Waals surface area contributed by atoms with Crippen LogP contribution in [0.15, 0.2) is 34.7 Å². The molecule has 0 amide bonds. The van der Waals surface area contributed by atoms with Gasteiger partial charge in [0.2, 0.25) is 0 Å². The monoisotopic (exact) mass is 394 g/mol. The quantitative estimate of drug-likeness (QED) is 0.463. The van der Waals surface area contributed by atoms with Crippen molar-refractivity contribution < 1.29 is 13.9 Å². The van der Waals surface area contributed by atoms with Gasteiger partial charge in [0.25, 0.3) is 5.56 Å². The van der Waals surface area contributed by atoms with Crippen LogP contribution in [0.1, 0.15) is 35.7 Å². The smallest absolute Gasteiger partial charge is 0.339 e. The van der Waals surface area contributed by atoms with Crippen LogP contribution >= 0.6 is 22.9 Å². The number of hydrogen-bond donors (Lipinski definition) is 0. The number of ether oxygens (including phenoxy) is 1. The van der Waals surface area contributed by atoms with E-state index in [4.69, 9.17) is 16.3 Å². The molecule has 0 aliphatic heterocycles. The Morgan fingerprint density at radius 2 is 2.23 bits per heavy atom. The summed E-state index contributed by atoms with van der Waals surface area (Å²) in [5.74, 6) is -1.06. The zero-order valence-electron chi connectivity index (χ0n) is 14.0. The lowest BCUT2D eigenvalue weighted by Gasteiger charge is -2.09. The van der Waals surface area contributed by atoms with Gasteiger partial charge in [-0.1, -0.05) is 31.0 Å². The molecule has 0 atom stereocenters. The predicted octanol–water partition coefficient (Wildman–Crippen LogP) is 4.26. The summed E-state index contributed by atoms with van der Waals surface area (Å²) >= 11 is 7.23. The number of carbonyl (C=O) groups excluding carboxylic acids is 1. The highest BCUT2D eigenvalue weighted by Gasteiger charge is 2.19. The van der Waals surface area contributed by atoms with Gasteiger partial charge >= 0.3 is 5.97 Å². The van der Waals surface area contributed by atoms with Crippen LogP contribution in [-0.2, 0) is 11.3 Å². The number of nitrogens with zero attached hydrogens (tertiary/aromatic N) is 2. The van der Waals surface area contributed by atoms with Crippen molar-refractivity contribution in [2.75, 3.05) is 6.61 Å². The van der Waals surface area contributed by atoms with Crippen LogP contribution in [0.4, 0.5) is 4.39 Å². The third-order valence-electron chi connectivity index (χ3n) is 3.90. The molecule has 136 valence electrons. The van der Waals surface area contributed by atoms with Crippen molar-refractivity contribution in [3.8, 4) is 0 Å².